The zero-order valence-corrected chi connectivity index (χ0v) is 29.7. The number of fused-ring (bicyclic) bond motifs is 3. The van der Waals surface area contributed by atoms with Crippen molar-refractivity contribution < 1.29 is 20.1 Å². The van der Waals surface area contributed by atoms with Crippen LogP contribution in [0.5, 0.6) is 23.0 Å². The van der Waals surface area contributed by atoms with Crippen molar-refractivity contribution in [1.29, 1.82) is 0 Å². The standard InChI is InChI=1S/2C21H30O2/c1-5-6-7-8-15-12-18(22)20-16-11-14(2)9-10-17(16)21(3,4)23-19(20)13-15;1-5-6-7-8-16-12-19(22)21(20(23)13-16)18-11-15(4)9-10-17(18)14(2)3/h11-13,16-17,22H,5-10H2,1-4H3;11-13,17-18,22-23H,2,5-10H2,1,3-4H3/t16-,17-;17-,18+/m00/s1. The van der Waals surface area contributed by atoms with Crippen LogP contribution in [0, 0.1) is 11.8 Å². The number of ether oxygens (including phenoxy) is 1. The third-order valence-electron chi connectivity index (χ3n) is 10.6. The number of hydrogen-bond donors (Lipinski definition) is 3. The number of aromatic hydroxyl groups is 3. The number of phenols is 3. The molecule has 252 valence electrons. The Bertz CT molecular complexity index is 1400. The van der Waals surface area contributed by atoms with Crippen molar-refractivity contribution in [3.63, 3.8) is 0 Å². The molecule has 0 saturated carbocycles. The first kappa shape index (κ1) is 35.7. The lowest BCUT2D eigenvalue weighted by Gasteiger charge is -2.46. The fraction of sp³-hybridized carbons (Fsp3) is 0.571. The summed E-state index contributed by atoms with van der Waals surface area (Å²) in [5.74, 6) is 2.78. The fourth-order valence-electron chi connectivity index (χ4n) is 7.95. The Labute approximate surface area is 279 Å². The van der Waals surface area contributed by atoms with E-state index in [9.17, 15) is 15.3 Å². The molecule has 5 rings (SSSR count). The normalized spacial score (nSPS) is 23.1. The van der Waals surface area contributed by atoms with E-state index in [1.807, 2.05) is 25.1 Å². The minimum atomic E-state index is -0.177. The molecule has 0 unspecified atom stereocenters. The highest BCUT2D eigenvalue weighted by Gasteiger charge is 2.45. The van der Waals surface area contributed by atoms with E-state index in [-0.39, 0.29) is 34.9 Å². The third kappa shape index (κ3) is 8.41. The Hall–Kier alpha value is -3.14. The molecule has 1 aliphatic heterocycles. The first-order chi connectivity index (χ1) is 21.9. The van der Waals surface area contributed by atoms with Gasteiger partial charge in [-0.3, -0.25) is 0 Å². The van der Waals surface area contributed by atoms with Gasteiger partial charge < -0.3 is 20.1 Å². The Morgan fingerprint density at radius 1 is 0.761 bits per heavy atom. The van der Waals surface area contributed by atoms with Gasteiger partial charge in [-0.1, -0.05) is 75.0 Å². The van der Waals surface area contributed by atoms with Crippen molar-refractivity contribution in [3.8, 4) is 23.0 Å². The van der Waals surface area contributed by atoms with Crippen LogP contribution in [0.25, 0.3) is 0 Å². The first-order valence-corrected chi connectivity index (χ1v) is 18.0. The molecule has 3 aliphatic rings. The second-order valence-electron chi connectivity index (χ2n) is 14.9. The number of aryl methyl sites for hydroxylation is 2. The molecule has 2 aromatic rings. The topological polar surface area (TPSA) is 69.9 Å². The molecule has 0 spiro atoms. The Morgan fingerprint density at radius 3 is 1.80 bits per heavy atom. The van der Waals surface area contributed by atoms with E-state index in [1.54, 1.807) is 0 Å². The molecule has 4 heteroatoms. The molecule has 1 heterocycles. The number of benzene rings is 2. The molecule has 3 N–H and O–H groups in total. The Morgan fingerprint density at radius 2 is 1.26 bits per heavy atom. The van der Waals surface area contributed by atoms with Gasteiger partial charge in [-0.25, -0.2) is 0 Å². The zero-order chi connectivity index (χ0) is 33.6. The summed E-state index contributed by atoms with van der Waals surface area (Å²) >= 11 is 0. The van der Waals surface area contributed by atoms with Crippen molar-refractivity contribution in [2.24, 2.45) is 11.8 Å². The molecular formula is C42H60O4. The van der Waals surface area contributed by atoms with E-state index in [0.29, 0.717) is 17.2 Å². The number of allylic oxidation sites excluding steroid dienone is 5. The lowest BCUT2D eigenvalue weighted by Crippen LogP contribution is -2.45. The van der Waals surface area contributed by atoms with Gasteiger partial charge in [-0.15, -0.1) is 0 Å². The molecule has 2 aliphatic carbocycles. The summed E-state index contributed by atoms with van der Waals surface area (Å²) in [7, 11) is 0. The maximum absolute atomic E-state index is 10.7. The van der Waals surface area contributed by atoms with Gasteiger partial charge >= 0.3 is 0 Å². The number of phenolic OH excluding ortho intramolecular Hbond substituents is 3. The smallest absolute Gasteiger partial charge is 0.127 e. The largest absolute Gasteiger partial charge is 0.507 e. The van der Waals surface area contributed by atoms with E-state index < -0.39 is 0 Å². The van der Waals surface area contributed by atoms with Crippen LogP contribution in [-0.4, -0.2) is 20.9 Å². The first-order valence-electron chi connectivity index (χ1n) is 18.0. The Balaban J connectivity index is 0.000000209. The minimum Gasteiger partial charge on any atom is -0.507 e. The van der Waals surface area contributed by atoms with Crippen LogP contribution < -0.4 is 4.74 Å². The third-order valence-corrected chi connectivity index (χ3v) is 10.6. The van der Waals surface area contributed by atoms with Crippen molar-refractivity contribution in [3.05, 3.63) is 82.0 Å². The van der Waals surface area contributed by atoms with E-state index in [2.05, 4.69) is 66.3 Å². The summed E-state index contributed by atoms with van der Waals surface area (Å²) in [6.45, 7) is 19.3. The van der Waals surface area contributed by atoms with Gasteiger partial charge in [-0.05, 0) is 127 Å². The highest BCUT2D eigenvalue weighted by atomic mass is 16.5. The van der Waals surface area contributed by atoms with Crippen LogP contribution in [0.4, 0.5) is 0 Å². The zero-order valence-electron chi connectivity index (χ0n) is 29.7. The van der Waals surface area contributed by atoms with Gasteiger partial charge in [0.2, 0.25) is 0 Å². The summed E-state index contributed by atoms with van der Waals surface area (Å²) in [5, 5.41) is 31.8. The SMILES string of the molecule is C=C(C)[C@@H]1CCC(C)=C[C@H]1c1c(O)cc(CCCCC)cc1O.CCCCCc1cc(O)c2c(c1)OC(C)(C)[C@H]1CCC(C)=C[C@H]21. The van der Waals surface area contributed by atoms with Crippen molar-refractivity contribution in [2.45, 2.75) is 143 Å². The predicted octanol–water partition coefficient (Wildman–Crippen LogP) is 11.6. The van der Waals surface area contributed by atoms with E-state index in [0.717, 1.165) is 67.4 Å². The molecule has 2 aromatic carbocycles. The molecule has 46 heavy (non-hydrogen) atoms. The summed E-state index contributed by atoms with van der Waals surface area (Å²) < 4.78 is 6.36. The average Bonchev–Trinajstić information content (AvgIpc) is 2.96. The highest BCUT2D eigenvalue weighted by Crippen LogP contribution is 2.53. The van der Waals surface area contributed by atoms with Crippen LogP contribution in [0.1, 0.15) is 147 Å². The molecule has 0 amide bonds. The highest BCUT2D eigenvalue weighted by molar-refractivity contribution is 5.54. The van der Waals surface area contributed by atoms with E-state index >= 15 is 0 Å². The van der Waals surface area contributed by atoms with Crippen LogP contribution in [0.15, 0.2) is 59.7 Å². The molecule has 0 aromatic heterocycles. The molecule has 4 atom stereocenters. The van der Waals surface area contributed by atoms with Crippen LogP contribution in [0.2, 0.25) is 0 Å². The predicted molar refractivity (Wildman–Crippen MR) is 192 cm³/mol. The lowest BCUT2D eigenvalue weighted by atomic mass is 9.68. The van der Waals surface area contributed by atoms with Gasteiger partial charge in [0, 0.05) is 28.9 Å². The quantitative estimate of drug-likeness (QED) is 0.181. The van der Waals surface area contributed by atoms with Gasteiger partial charge in [-0.2, -0.15) is 0 Å². The van der Waals surface area contributed by atoms with Crippen LogP contribution in [-0.2, 0) is 12.8 Å². The van der Waals surface area contributed by atoms with Crippen molar-refractivity contribution in [2.75, 3.05) is 0 Å². The molecule has 0 saturated heterocycles. The summed E-state index contributed by atoms with van der Waals surface area (Å²) in [4.78, 5) is 0. The second kappa shape index (κ2) is 15.6. The number of rotatable bonds is 10. The number of hydrogen-bond acceptors (Lipinski definition) is 4. The minimum absolute atomic E-state index is 0.0194. The molecule has 0 radical (unpaired) electrons. The van der Waals surface area contributed by atoms with E-state index in [4.69, 9.17) is 4.74 Å². The second-order valence-corrected chi connectivity index (χ2v) is 14.9. The fourth-order valence-corrected chi connectivity index (χ4v) is 7.95. The van der Waals surface area contributed by atoms with Gasteiger partial charge in [0.05, 0.1) is 0 Å². The summed E-state index contributed by atoms with van der Waals surface area (Å²) in [6.07, 6.45) is 17.9. The number of unbranched alkanes of at least 4 members (excludes halogenated alkanes) is 4. The van der Waals surface area contributed by atoms with Crippen molar-refractivity contribution >= 4 is 0 Å². The maximum Gasteiger partial charge on any atom is 0.127 e. The van der Waals surface area contributed by atoms with Gasteiger partial charge in [0.15, 0.2) is 0 Å². The molecule has 0 bridgehead atoms. The Kier molecular flexibility index (Phi) is 12.1. The molecular weight excluding hydrogens is 568 g/mol. The molecule has 0 fully saturated rings. The van der Waals surface area contributed by atoms with Crippen molar-refractivity contribution in [1.82, 2.24) is 0 Å². The van der Waals surface area contributed by atoms with E-state index in [1.165, 1.54) is 48.8 Å². The maximum atomic E-state index is 10.7. The average molecular weight is 629 g/mol. The van der Waals surface area contributed by atoms with Crippen LogP contribution in [0.3, 0.4) is 0 Å². The monoisotopic (exact) mass is 628 g/mol. The summed E-state index contributed by atoms with van der Waals surface area (Å²) in [6, 6.07) is 7.79. The molecule has 4 nitrogen and oxygen atoms in total. The summed E-state index contributed by atoms with van der Waals surface area (Å²) in [5.41, 5.74) is 7.57. The van der Waals surface area contributed by atoms with Gasteiger partial charge in [0.1, 0.15) is 28.6 Å². The lowest BCUT2D eigenvalue weighted by molar-refractivity contribution is 0.0107. The van der Waals surface area contributed by atoms with Crippen LogP contribution >= 0.6 is 0 Å². The van der Waals surface area contributed by atoms with Gasteiger partial charge in [0.25, 0.3) is 0 Å².